The Hall–Kier alpha value is -2.88. The van der Waals surface area contributed by atoms with Gasteiger partial charge in [0.1, 0.15) is 5.52 Å². The number of anilines is 1. The van der Waals surface area contributed by atoms with Crippen molar-refractivity contribution in [2.75, 3.05) is 25.6 Å². The molecule has 1 saturated carbocycles. The van der Waals surface area contributed by atoms with Gasteiger partial charge in [-0.1, -0.05) is 11.6 Å². The highest BCUT2D eigenvalue weighted by Gasteiger charge is 2.39. The third-order valence-corrected chi connectivity index (χ3v) is 6.11. The first-order valence-electron chi connectivity index (χ1n) is 10.9. The lowest BCUT2D eigenvalue weighted by Gasteiger charge is -2.23. The maximum absolute atomic E-state index is 13.3. The second-order valence-corrected chi connectivity index (χ2v) is 8.79. The van der Waals surface area contributed by atoms with E-state index in [-0.39, 0.29) is 30.7 Å². The van der Waals surface area contributed by atoms with Crippen molar-refractivity contribution < 1.29 is 23.8 Å². The lowest BCUT2D eigenvalue weighted by molar-refractivity contribution is 0.0431. The minimum atomic E-state index is -0.275. The number of methoxy groups -OCH3 is 1. The Kier molecular flexibility index (Phi) is 6.09. The van der Waals surface area contributed by atoms with E-state index >= 15 is 0 Å². The van der Waals surface area contributed by atoms with Crippen LogP contribution in [0.1, 0.15) is 35.3 Å². The summed E-state index contributed by atoms with van der Waals surface area (Å²) in [4.78, 5) is 23.7. The molecule has 174 valence electrons. The van der Waals surface area contributed by atoms with E-state index in [1.54, 1.807) is 35.4 Å². The Morgan fingerprint density at radius 1 is 1.33 bits per heavy atom. The standard InChI is InChI=1S/C23H25ClN4O5/c1-31-20-7-13(22(30)28-11-18(9-16(28)12-29)32-17-2-3-17)6-19-21(20)33-23(27-19)26-10-15-8-14(24)4-5-25-15/h4-8,16-18,29H,2-3,9-12H2,1H3,(H,26,27)/t16-,18+/m0/s1. The topological polar surface area (TPSA) is 110 Å². The Bertz CT molecular complexity index is 1160. The molecule has 33 heavy (non-hydrogen) atoms. The molecular formula is C23H25ClN4O5. The average Bonchev–Trinajstić information content (AvgIpc) is 3.38. The van der Waals surface area contributed by atoms with Crippen molar-refractivity contribution >= 4 is 34.6 Å². The monoisotopic (exact) mass is 472 g/mol. The summed E-state index contributed by atoms with van der Waals surface area (Å²) in [6, 6.07) is 6.78. The summed E-state index contributed by atoms with van der Waals surface area (Å²) >= 11 is 6.01. The van der Waals surface area contributed by atoms with Crippen molar-refractivity contribution in [2.24, 2.45) is 0 Å². The van der Waals surface area contributed by atoms with E-state index < -0.39 is 0 Å². The molecule has 9 nitrogen and oxygen atoms in total. The van der Waals surface area contributed by atoms with Crippen molar-refractivity contribution in [1.29, 1.82) is 0 Å². The van der Waals surface area contributed by atoms with Crippen LogP contribution in [-0.2, 0) is 11.3 Å². The van der Waals surface area contributed by atoms with E-state index in [1.807, 2.05) is 0 Å². The number of aliphatic hydroxyl groups excluding tert-OH is 1. The summed E-state index contributed by atoms with van der Waals surface area (Å²) < 4.78 is 17.3. The number of oxazole rings is 1. The zero-order valence-electron chi connectivity index (χ0n) is 18.2. The number of aliphatic hydroxyl groups is 1. The predicted molar refractivity (Wildman–Crippen MR) is 122 cm³/mol. The smallest absolute Gasteiger partial charge is 0.296 e. The lowest BCUT2D eigenvalue weighted by Crippen LogP contribution is -2.38. The highest BCUT2D eigenvalue weighted by atomic mass is 35.5. The molecule has 3 aromatic rings. The maximum atomic E-state index is 13.3. The number of amides is 1. The quantitative estimate of drug-likeness (QED) is 0.514. The molecule has 2 atom stereocenters. The number of ether oxygens (including phenoxy) is 2. The van der Waals surface area contributed by atoms with Crippen LogP contribution in [0.3, 0.4) is 0 Å². The fraction of sp³-hybridized carbons (Fsp3) is 0.435. The van der Waals surface area contributed by atoms with Crippen molar-refractivity contribution in [3.05, 3.63) is 46.7 Å². The number of halogens is 1. The minimum absolute atomic E-state index is 0.0489. The molecule has 3 heterocycles. The fourth-order valence-electron chi connectivity index (χ4n) is 4.10. The van der Waals surface area contributed by atoms with Crippen LogP contribution < -0.4 is 10.1 Å². The fourth-order valence-corrected chi connectivity index (χ4v) is 4.28. The third kappa shape index (κ3) is 4.75. The summed E-state index contributed by atoms with van der Waals surface area (Å²) in [5, 5.41) is 13.5. The zero-order valence-corrected chi connectivity index (χ0v) is 18.9. The van der Waals surface area contributed by atoms with Crippen LogP contribution >= 0.6 is 11.6 Å². The van der Waals surface area contributed by atoms with Gasteiger partial charge < -0.3 is 29.2 Å². The second kappa shape index (κ2) is 9.17. The van der Waals surface area contributed by atoms with Gasteiger partial charge in [-0.25, -0.2) is 0 Å². The number of nitrogens with one attached hydrogen (secondary N) is 1. The van der Waals surface area contributed by atoms with E-state index in [1.165, 1.54) is 7.11 Å². The van der Waals surface area contributed by atoms with Crippen molar-refractivity contribution in [1.82, 2.24) is 14.9 Å². The van der Waals surface area contributed by atoms with Gasteiger partial charge in [0.05, 0.1) is 44.2 Å². The molecule has 1 aliphatic heterocycles. The molecule has 0 radical (unpaired) electrons. The van der Waals surface area contributed by atoms with Gasteiger partial charge in [-0.2, -0.15) is 4.98 Å². The zero-order chi connectivity index (χ0) is 22.9. The number of hydrogen-bond acceptors (Lipinski definition) is 8. The van der Waals surface area contributed by atoms with Gasteiger partial charge in [-0.3, -0.25) is 9.78 Å². The van der Waals surface area contributed by atoms with Crippen LogP contribution in [0.2, 0.25) is 5.02 Å². The maximum Gasteiger partial charge on any atom is 0.296 e. The first-order chi connectivity index (χ1) is 16.0. The normalized spacial score (nSPS) is 20.4. The molecule has 0 bridgehead atoms. The highest BCUT2D eigenvalue weighted by Crippen LogP contribution is 2.33. The molecule has 1 saturated heterocycles. The Balaban J connectivity index is 1.36. The molecule has 1 aromatic carbocycles. The minimum Gasteiger partial charge on any atom is -0.493 e. The van der Waals surface area contributed by atoms with E-state index in [0.29, 0.717) is 53.0 Å². The van der Waals surface area contributed by atoms with Gasteiger partial charge in [0.2, 0.25) is 0 Å². The van der Waals surface area contributed by atoms with Gasteiger partial charge in [0, 0.05) is 23.3 Å². The van der Waals surface area contributed by atoms with Gasteiger partial charge in [-0.15, -0.1) is 0 Å². The van der Waals surface area contributed by atoms with Crippen molar-refractivity contribution in [2.45, 2.75) is 44.1 Å². The molecule has 5 rings (SSSR count). The lowest BCUT2D eigenvalue weighted by atomic mass is 10.1. The number of rotatable bonds is 8. The summed E-state index contributed by atoms with van der Waals surface area (Å²) in [6.07, 6.45) is 4.64. The van der Waals surface area contributed by atoms with Crippen LogP contribution in [0.15, 0.2) is 34.9 Å². The van der Waals surface area contributed by atoms with Crippen LogP contribution in [0.25, 0.3) is 11.1 Å². The van der Waals surface area contributed by atoms with Crippen LogP contribution in [-0.4, -0.2) is 64.4 Å². The Morgan fingerprint density at radius 3 is 2.91 bits per heavy atom. The Labute approximate surface area is 195 Å². The van der Waals surface area contributed by atoms with Crippen LogP contribution in [0.4, 0.5) is 6.01 Å². The number of nitrogens with zero attached hydrogens (tertiary/aromatic N) is 3. The summed E-state index contributed by atoms with van der Waals surface area (Å²) in [6.45, 7) is 0.722. The largest absolute Gasteiger partial charge is 0.493 e. The predicted octanol–water partition coefficient (Wildman–Crippen LogP) is 3.25. The first kappa shape index (κ1) is 21.9. The van der Waals surface area contributed by atoms with E-state index in [0.717, 1.165) is 18.5 Å². The van der Waals surface area contributed by atoms with Gasteiger partial charge >= 0.3 is 0 Å². The molecular weight excluding hydrogens is 448 g/mol. The number of benzene rings is 1. The number of carbonyl (C=O) groups is 1. The van der Waals surface area contributed by atoms with Gasteiger partial charge in [-0.05, 0) is 43.5 Å². The first-order valence-corrected chi connectivity index (χ1v) is 11.3. The number of fused-ring (bicyclic) bond motifs is 1. The number of hydrogen-bond donors (Lipinski definition) is 2. The SMILES string of the molecule is COc1cc(C(=O)N2C[C@H](OC3CC3)C[C@H]2CO)cc2nc(NCc3cc(Cl)ccn3)oc12. The third-order valence-electron chi connectivity index (χ3n) is 5.88. The molecule has 1 aliphatic carbocycles. The van der Waals surface area contributed by atoms with Crippen LogP contribution in [0.5, 0.6) is 5.75 Å². The summed E-state index contributed by atoms with van der Waals surface area (Å²) in [7, 11) is 1.51. The number of aromatic nitrogens is 2. The Morgan fingerprint density at radius 2 is 2.18 bits per heavy atom. The molecule has 0 spiro atoms. The molecule has 2 aromatic heterocycles. The molecule has 2 fully saturated rings. The average molecular weight is 473 g/mol. The molecule has 2 N–H and O–H groups in total. The van der Waals surface area contributed by atoms with Gasteiger partial charge in [0.15, 0.2) is 11.3 Å². The second-order valence-electron chi connectivity index (χ2n) is 8.35. The van der Waals surface area contributed by atoms with Crippen molar-refractivity contribution in [3.8, 4) is 5.75 Å². The van der Waals surface area contributed by atoms with Crippen molar-refractivity contribution in [3.63, 3.8) is 0 Å². The number of carbonyl (C=O) groups excluding carboxylic acids is 1. The number of pyridine rings is 1. The van der Waals surface area contributed by atoms with E-state index in [2.05, 4.69) is 15.3 Å². The summed E-state index contributed by atoms with van der Waals surface area (Å²) in [5.41, 5.74) is 2.08. The summed E-state index contributed by atoms with van der Waals surface area (Å²) in [5.74, 6) is 0.208. The van der Waals surface area contributed by atoms with Gasteiger partial charge in [0.25, 0.3) is 11.9 Å². The molecule has 1 amide bonds. The number of likely N-dealkylation sites (tertiary alicyclic amines) is 1. The van der Waals surface area contributed by atoms with E-state index in [9.17, 15) is 9.90 Å². The molecule has 2 aliphatic rings. The van der Waals surface area contributed by atoms with Crippen LogP contribution in [0, 0.1) is 0 Å². The highest BCUT2D eigenvalue weighted by molar-refractivity contribution is 6.30. The molecule has 10 heteroatoms. The van der Waals surface area contributed by atoms with E-state index in [4.69, 9.17) is 25.5 Å². The molecule has 0 unspecified atom stereocenters.